The van der Waals surface area contributed by atoms with Gasteiger partial charge in [-0.2, -0.15) is 4.31 Å². The van der Waals surface area contributed by atoms with Gasteiger partial charge in [0, 0.05) is 24.7 Å². The zero-order valence-corrected chi connectivity index (χ0v) is 13.9. The SMILES string of the molecule is CNCc1ccc(S(=O)(=O)N2CCS(=O)(=O)CC2)cc1Cl. The summed E-state index contributed by atoms with van der Waals surface area (Å²) in [5.74, 6) is -0.282. The number of halogens is 1. The molecule has 0 aromatic heterocycles. The number of nitrogens with zero attached hydrogens (tertiary/aromatic N) is 1. The highest BCUT2D eigenvalue weighted by atomic mass is 35.5. The number of hydrogen-bond donors (Lipinski definition) is 1. The third kappa shape index (κ3) is 3.75. The topological polar surface area (TPSA) is 83.6 Å². The Morgan fingerprint density at radius 2 is 1.90 bits per heavy atom. The van der Waals surface area contributed by atoms with Crippen LogP contribution in [0, 0.1) is 0 Å². The van der Waals surface area contributed by atoms with Crippen LogP contribution >= 0.6 is 11.6 Å². The lowest BCUT2D eigenvalue weighted by Gasteiger charge is -2.26. The lowest BCUT2D eigenvalue weighted by Crippen LogP contribution is -2.43. The van der Waals surface area contributed by atoms with Gasteiger partial charge < -0.3 is 5.32 Å². The van der Waals surface area contributed by atoms with Gasteiger partial charge in [-0.15, -0.1) is 0 Å². The normalized spacial score (nSPS) is 19.5. The molecular formula is C12H17ClN2O4S2. The second-order valence-electron chi connectivity index (χ2n) is 4.84. The number of sulfone groups is 1. The minimum Gasteiger partial charge on any atom is -0.316 e. The Kier molecular flexibility index (Phi) is 4.94. The Hall–Kier alpha value is -0.670. The number of sulfonamides is 1. The minimum atomic E-state index is -3.70. The number of hydrogen-bond acceptors (Lipinski definition) is 5. The standard InChI is InChI=1S/C12H17ClN2O4S2/c1-14-9-10-2-3-11(8-12(10)13)21(18,19)15-4-6-20(16,17)7-5-15/h2-3,8,14H,4-7,9H2,1H3. The van der Waals surface area contributed by atoms with Crippen molar-refractivity contribution in [1.29, 1.82) is 0 Å². The van der Waals surface area contributed by atoms with Crippen LogP contribution in [0.5, 0.6) is 0 Å². The smallest absolute Gasteiger partial charge is 0.243 e. The summed E-state index contributed by atoms with van der Waals surface area (Å²) in [4.78, 5) is 0.0895. The van der Waals surface area contributed by atoms with Crippen molar-refractivity contribution in [2.24, 2.45) is 0 Å². The van der Waals surface area contributed by atoms with E-state index in [9.17, 15) is 16.8 Å². The van der Waals surface area contributed by atoms with Crippen LogP contribution < -0.4 is 5.32 Å². The molecule has 1 aromatic carbocycles. The van der Waals surface area contributed by atoms with E-state index in [1.165, 1.54) is 16.4 Å². The lowest BCUT2D eigenvalue weighted by atomic mass is 10.2. The zero-order valence-electron chi connectivity index (χ0n) is 11.5. The first-order valence-corrected chi connectivity index (χ1v) is 10.0. The molecule has 0 amide bonds. The summed E-state index contributed by atoms with van der Waals surface area (Å²) in [6.07, 6.45) is 0. The third-order valence-electron chi connectivity index (χ3n) is 3.33. The first-order chi connectivity index (χ1) is 9.76. The zero-order chi connectivity index (χ0) is 15.7. The fourth-order valence-corrected chi connectivity index (χ4v) is 5.32. The van der Waals surface area contributed by atoms with Gasteiger partial charge in [0.1, 0.15) is 0 Å². The van der Waals surface area contributed by atoms with E-state index in [4.69, 9.17) is 11.6 Å². The molecule has 0 spiro atoms. The fraction of sp³-hybridized carbons (Fsp3) is 0.500. The molecule has 0 atom stereocenters. The van der Waals surface area contributed by atoms with Gasteiger partial charge in [0.15, 0.2) is 9.84 Å². The van der Waals surface area contributed by atoms with E-state index < -0.39 is 19.9 Å². The molecule has 0 unspecified atom stereocenters. The Labute approximate surface area is 130 Å². The largest absolute Gasteiger partial charge is 0.316 e. The Morgan fingerprint density at radius 3 is 2.43 bits per heavy atom. The highest BCUT2D eigenvalue weighted by Crippen LogP contribution is 2.24. The van der Waals surface area contributed by atoms with E-state index in [2.05, 4.69) is 5.32 Å². The Balaban J connectivity index is 2.26. The maximum Gasteiger partial charge on any atom is 0.243 e. The van der Waals surface area contributed by atoms with Gasteiger partial charge in [-0.25, -0.2) is 16.8 Å². The monoisotopic (exact) mass is 352 g/mol. The van der Waals surface area contributed by atoms with Crippen LogP contribution in [0.3, 0.4) is 0 Å². The molecule has 1 saturated heterocycles. The first-order valence-electron chi connectivity index (χ1n) is 6.40. The van der Waals surface area contributed by atoms with Crippen molar-refractivity contribution in [1.82, 2.24) is 9.62 Å². The van der Waals surface area contributed by atoms with Crippen molar-refractivity contribution >= 4 is 31.5 Å². The predicted molar refractivity (Wildman–Crippen MR) is 81.6 cm³/mol. The lowest BCUT2D eigenvalue weighted by molar-refractivity contribution is 0.431. The van der Waals surface area contributed by atoms with E-state index in [0.717, 1.165) is 5.56 Å². The van der Waals surface area contributed by atoms with Gasteiger partial charge in [-0.3, -0.25) is 0 Å². The Bertz CT molecular complexity index is 718. The third-order valence-corrected chi connectivity index (χ3v) is 7.19. The van der Waals surface area contributed by atoms with Crippen LogP contribution in [0.4, 0.5) is 0 Å². The molecule has 1 heterocycles. The molecule has 21 heavy (non-hydrogen) atoms. The molecule has 6 nitrogen and oxygen atoms in total. The van der Waals surface area contributed by atoms with Crippen molar-refractivity contribution in [3.8, 4) is 0 Å². The van der Waals surface area contributed by atoms with E-state index in [-0.39, 0.29) is 29.5 Å². The van der Waals surface area contributed by atoms with Crippen molar-refractivity contribution in [2.75, 3.05) is 31.6 Å². The fourth-order valence-electron chi connectivity index (χ4n) is 2.11. The highest BCUT2D eigenvalue weighted by molar-refractivity contribution is 7.92. The van der Waals surface area contributed by atoms with Crippen molar-refractivity contribution in [3.63, 3.8) is 0 Å². The van der Waals surface area contributed by atoms with Gasteiger partial charge in [-0.1, -0.05) is 17.7 Å². The number of benzene rings is 1. The molecular weight excluding hydrogens is 336 g/mol. The molecule has 1 aliphatic rings. The molecule has 0 saturated carbocycles. The maximum absolute atomic E-state index is 12.5. The summed E-state index contributed by atoms with van der Waals surface area (Å²) in [7, 11) is -5.05. The summed E-state index contributed by atoms with van der Waals surface area (Å²) < 4.78 is 48.9. The molecule has 1 fully saturated rings. The average molecular weight is 353 g/mol. The van der Waals surface area contributed by atoms with E-state index >= 15 is 0 Å². The summed E-state index contributed by atoms with van der Waals surface area (Å²) in [5.41, 5.74) is 0.805. The van der Waals surface area contributed by atoms with Gasteiger partial charge in [-0.05, 0) is 24.7 Å². The van der Waals surface area contributed by atoms with Gasteiger partial charge >= 0.3 is 0 Å². The molecule has 2 rings (SSSR count). The van der Waals surface area contributed by atoms with Crippen molar-refractivity contribution < 1.29 is 16.8 Å². The summed E-state index contributed by atoms with van der Waals surface area (Å²) >= 11 is 6.08. The molecule has 0 bridgehead atoms. The second kappa shape index (κ2) is 6.21. The molecule has 118 valence electrons. The van der Waals surface area contributed by atoms with Crippen LogP contribution in [0.15, 0.2) is 23.1 Å². The molecule has 1 aliphatic heterocycles. The second-order valence-corrected chi connectivity index (χ2v) is 9.49. The van der Waals surface area contributed by atoms with Crippen LogP contribution in [0.1, 0.15) is 5.56 Å². The van der Waals surface area contributed by atoms with Gasteiger partial charge in [0.2, 0.25) is 10.0 Å². The molecule has 1 aromatic rings. The van der Waals surface area contributed by atoms with Crippen LogP contribution in [-0.2, 0) is 26.4 Å². The van der Waals surface area contributed by atoms with Crippen LogP contribution in [0.25, 0.3) is 0 Å². The van der Waals surface area contributed by atoms with Crippen LogP contribution in [-0.4, -0.2) is 52.8 Å². The van der Waals surface area contributed by atoms with Crippen LogP contribution in [0.2, 0.25) is 5.02 Å². The highest BCUT2D eigenvalue weighted by Gasteiger charge is 2.31. The first kappa shape index (κ1) is 16.7. The average Bonchev–Trinajstić information content (AvgIpc) is 2.40. The van der Waals surface area contributed by atoms with Gasteiger partial charge in [0.05, 0.1) is 16.4 Å². The summed E-state index contributed by atoms with van der Waals surface area (Å²) in [6, 6.07) is 4.57. The molecule has 1 N–H and O–H groups in total. The van der Waals surface area contributed by atoms with E-state index in [1.54, 1.807) is 13.1 Å². The molecule has 9 heteroatoms. The number of rotatable bonds is 4. The molecule has 0 aliphatic carbocycles. The molecule has 0 radical (unpaired) electrons. The summed E-state index contributed by atoms with van der Waals surface area (Å²) in [6.45, 7) is 0.516. The predicted octanol–water partition coefficient (Wildman–Crippen LogP) is 0.479. The summed E-state index contributed by atoms with van der Waals surface area (Å²) in [5, 5.41) is 3.31. The number of nitrogens with one attached hydrogen (secondary N) is 1. The van der Waals surface area contributed by atoms with Crippen molar-refractivity contribution in [3.05, 3.63) is 28.8 Å². The Morgan fingerprint density at radius 1 is 1.29 bits per heavy atom. The minimum absolute atomic E-state index is 0.0133. The van der Waals surface area contributed by atoms with Gasteiger partial charge in [0.25, 0.3) is 0 Å². The van der Waals surface area contributed by atoms with Crippen molar-refractivity contribution in [2.45, 2.75) is 11.4 Å². The van der Waals surface area contributed by atoms with E-state index in [1.807, 2.05) is 0 Å². The quantitative estimate of drug-likeness (QED) is 0.852. The van der Waals surface area contributed by atoms with E-state index in [0.29, 0.717) is 11.6 Å². The maximum atomic E-state index is 12.5.